The first kappa shape index (κ1) is 11.1. The van der Waals surface area contributed by atoms with Gasteiger partial charge in [-0.3, -0.25) is 0 Å². The van der Waals surface area contributed by atoms with Gasteiger partial charge in [-0.2, -0.15) is 0 Å². The van der Waals surface area contributed by atoms with E-state index in [0.29, 0.717) is 6.61 Å². The number of hydrogen-bond donors (Lipinski definition) is 0. The third kappa shape index (κ3) is 2.61. The minimum atomic E-state index is 0.599. The third-order valence-corrected chi connectivity index (χ3v) is 2.83. The van der Waals surface area contributed by atoms with Gasteiger partial charge in [0.25, 0.3) is 0 Å². The summed E-state index contributed by atoms with van der Waals surface area (Å²) in [7, 11) is 0. The molecule has 2 aromatic heterocycles. The maximum atomic E-state index is 5.61. The average Bonchev–Trinajstić information content (AvgIpc) is 2.67. The lowest BCUT2D eigenvalue weighted by Gasteiger charge is -2.08. The van der Waals surface area contributed by atoms with Crippen LogP contribution < -0.4 is 4.74 Å². The molecule has 0 aromatic carbocycles. The Hall–Kier alpha value is -1.36. The molecule has 0 unspecified atom stereocenters. The summed E-state index contributed by atoms with van der Waals surface area (Å²) in [4.78, 5) is 8.23. The van der Waals surface area contributed by atoms with E-state index >= 15 is 0 Å². The number of ether oxygens (including phenoxy) is 1. The first-order valence-corrected chi connectivity index (χ1v) is 5.78. The summed E-state index contributed by atoms with van der Waals surface area (Å²) < 4.78 is 8.39. The van der Waals surface area contributed by atoms with Gasteiger partial charge < -0.3 is 9.30 Å². The number of rotatable bonds is 4. The Morgan fingerprint density at radius 3 is 2.94 bits per heavy atom. The molecule has 5 heteroatoms. The van der Waals surface area contributed by atoms with Gasteiger partial charge in [0.2, 0.25) is 0 Å². The maximum absolute atomic E-state index is 5.61. The third-order valence-electron chi connectivity index (χ3n) is 2.24. The van der Waals surface area contributed by atoms with Crippen LogP contribution in [0.5, 0.6) is 5.75 Å². The van der Waals surface area contributed by atoms with Crippen molar-refractivity contribution >= 4 is 15.9 Å². The largest absolute Gasteiger partial charge is 0.489 e. The Morgan fingerprint density at radius 2 is 2.25 bits per heavy atom. The molecule has 0 saturated carbocycles. The van der Waals surface area contributed by atoms with E-state index in [0.717, 1.165) is 22.7 Å². The van der Waals surface area contributed by atoms with Crippen molar-refractivity contribution in [2.24, 2.45) is 0 Å². The second-order valence-corrected chi connectivity index (χ2v) is 4.06. The predicted molar refractivity (Wildman–Crippen MR) is 64.4 cm³/mol. The molecule has 0 atom stereocenters. The molecule has 0 saturated heterocycles. The second kappa shape index (κ2) is 5.12. The second-order valence-electron chi connectivity index (χ2n) is 3.31. The lowest BCUT2D eigenvalue weighted by Crippen LogP contribution is -2.09. The quantitative estimate of drug-likeness (QED) is 0.808. The summed E-state index contributed by atoms with van der Waals surface area (Å²) in [5.41, 5.74) is 0. The van der Waals surface area contributed by atoms with Crippen molar-refractivity contribution < 1.29 is 4.74 Å². The van der Waals surface area contributed by atoms with Crippen molar-refractivity contribution in [3.05, 3.63) is 41.2 Å². The zero-order valence-electron chi connectivity index (χ0n) is 8.93. The molecular formula is C11H12BrN3O. The van der Waals surface area contributed by atoms with Crippen LogP contribution in [0.4, 0.5) is 0 Å². The molecule has 2 rings (SSSR count). The van der Waals surface area contributed by atoms with Crippen LogP contribution in [0.25, 0.3) is 0 Å². The van der Waals surface area contributed by atoms with Gasteiger partial charge in [-0.25, -0.2) is 9.97 Å². The summed E-state index contributed by atoms with van der Waals surface area (Å²) >= 11 is 3.33. The number of hydrogen-bond acceptors (Lipinski definition) is 3. The average molecular weight is 282 g/mol. The van der Waals surface area contributed by atoms with E-state index in [1.54, 1.807) is 12.4 Å². The number of pyridine rings is 1. The number of aryl methyl sites for hydroxylation is 1. The van der Waals surface area contributed by atoms with Crippen LogP contribution in [-0.4, -0.2) is 21.1 Å². The zero-order chi connectivity index (χ0) is 11.4. The summed E-state index contributed by atoms with van der Waals surface area (Å²) in [5.74, 6) is 1.76. The summed E-state index contributed by atoms with van der Waals surface area (Å²) in [5, 5.41) is 0. The summed E-state index contributed by atoms with van der Waals surface area (Å²) in [6.07, 6.45) is 5.45. The van der Waals surface area contributed by atoms with E-state index in [1.165, 1.54) is 0 Å². The number of aromatic nitrogens is 3. The van der Waals surface area contributed by atoms with Gasteiger partial charge in [-0.15, -0.1) is 0 Å². The van der Waals surface area contributed by atoms with Crippen LogP contribution >= 0.6 is 15.9 Å². The minimum Gasteiger partial charge on any atom is -0.489 e. The molecule has 0 aliphatic rings. The monoisotopic (exact) mass is 281 g/mol. The summed E-state index contributed by atoms with van der Waals surface area (Å²) in [6, 6.07) is 3.74. The molecule has 0 N–H and O–H groups in total. The Kier molecular flexibility index (Phi) is 3.56. The standard InChI is InChI=1S/C11H12BrN3O/c1-9-13-5-6-15(9)7-8-16-10-3-2-4-14-11(10)12/h2-6H,7-8H2,1H3. The Labute approximate surface area is 102 Å². The Bertz CT molecular complexity index is 470. The van der Waals surface area contributed by atoms with E-state index < -0.39 is 0 Å². The fourth-order valence-electron chi connectivity index (χ4n) is 1.37. The van der Waals surface area contributed by atoms with E-state index in [-0.39, 0.29) is 0 Å². The molecule has 0 amide bonds. The highest BCUT2D eigenvalue weighted by molar-refractivity contribution is 9.10. The molecule has 0 bridgehead atoms. The van der Waals surface area contributed by atoms with Gasteiger partial charge in [-0.05, 0) is 35.0 Å². The van der Waals surface area contributed by atoms with E-state index in [4.69, 9.17) is 4.74 Å². The molecule has 16 heavy (non-hydrogen) atoms. The SMILES string of the molecule is Cc1nccn1CCOc1cccnc1Br. The predicted octanol–water partition coefficient (Wildman–Crippen LogP) is 2.43. The minimum absolute atomic E-state index is 0.599. The summed E-state index contributed by atoms with van der Waals surface area (Å²) in [6.45, 7) is 3.36. The number of nitrogens with zero attached hydrogens (tertiary/aromatic N) is 3. The van der Waals surface area contributed by atoms with Crippen LogP contribution in [-0.2, 0) is 6.54 Å². The van der Waals surface area contributed by atoms with Crippen LogP contribution in [0.3, 0.4) is 0 Å². The fourth-order valence-corrected chi connectivity index (χ4v) is 1.74. The van der Waals surface area contributed by atoms with Crippen LogP contribution in [0.1, 0.15) is 5.82 Å². The van der Waals surface area contributed by atoms with Crippen molar-refractivity contribution in [3.8, 4) is 5.75 Å². The fraction of sp³-hybridized carbons (Fsp3) is 0.273. The molecule has 0 aliphatic carbocycles. The van der Waals surface area contributed by atoms with Crippen molar-refractivity contribution in [3.63, 3.8) is 0 Å². The van der Waals surface area contributed by atoms with Gasteiger partial charge in [0, 0.05) is 18.6 Å². The van der Waals surface area contributed by atoms with Crippen LogP contribution in [0.15, 0.2) is 35.3 Å². The Balaban J connectivity index is 1.89. The van der Waals surface area contributed by atoms with E-state index in [9.17, 15) is 0 Å². The molecule has 2 aromatic rings. The van der Waals surface area contributed by atoms with Gasteiger partial charge >= 0.3 is 0 Å². The van der Waals surface area contributed by atoms with Gasteiger partial charge in [0.1, 0.15) is 17.0 Å². The molecule has 4 nitrogen and oxygen atoms in total. The number of halogens is 1. The highest BCUT2D eigenvalue weighted by Gasteiger charge is 2.01. The molecule has 0 aliphatic heterocycles. The van der Waals surface area contributed by atoms with Gasteiger partial charge in [0.15, 0.2) is 5.75 Å². The Morgan fingerprint density at radius 1 is 1.38 bits per heavy atom. The van der Waals surface area contributed by atoms with Crippen molar-refractivity contribution in [1.29, 1.82) is 0 Å². The molecule has 2 heterocycles. The lowest BCUT2D eigenvalue weighted by atomic mass is 10.5. The van der Waals surface area contributed by atoms with Gasteiger partial charge in [0.05, 0.1) is 6.54 Å². The highest BCUT2D eigenvalue weighted by atomic mass is 79.9. The smallest absolute Gasteiger partial charge is 0.152 e. The van der Waals surface area contributed by atoms with Crippen molar-refractivity contribution in [1.82, 2.24) is 14.5 Å². The van der Waals surface area contributed by atoms with Crippen molar-refractivity contribution in [2.45, 2.75) is 13.5 Å². The first-order chi connectivity index (χ1) is 7.77. The normalized spacial score (nSPS) is 10.4. The molecular weight excluding hydrogens is 270 g/mol. The number of imidazole rings is 1. The van der Waals surface area contributed by atoms with Crippen molar-refractivity contribution in [2.75, 3.05) is 6.61 Å². The molecule has 0 spiro atoms. The molecule has 84 valence electrons. The zero-order valence-corrected chi connectivity index (χ0v) is 10.5. The van der Waals surface area contributed by atoms with Crippen LogP contribution in [0.2, 0.25) is 0 Å². The molecule has 0 radical (unpaired) electrons. The van der Waals surface area contributed by atoms with Crippen LogP contribution in [0, 0.1) is 6.92 Å². The highest BCUT2D eigenvalue weighted by Crippen LogP contribution is 2.20. The molecule has 0 fully saturated rings. The first-order valence-electron chi connectivity index (χ1n) is 4.98. The topological polar surface area (TPSA) is 39.9 Å². The van der Waals surface area contributed by atoms with E-state index in [2.05, 4.69) is 25.9 Å². The lowest BCUT2D eigenvalue weighted by molar-refractivity contribution is 0.294. The van der Waals surface area contributed by atoms with E-state index in [1.807, 2.05) is 29.8 Å². The van der Waals surface area contributed by atoms with Gasteiger partial charge in [-0.1, -0.05) is 0 Å². The maximum Gasteiger partial charge on any atom is 0.152 e.